The number of nitrogens with one attached hydrogen (secondary N) is 1. The van der Waals surface area contributed by atoms with Crippen molar-refractivity contribution in [2.24, 2.45) is 0 Å². The monoisotopic (exact) mass is 648 g/mol. The van der Waals surface area contributed by atoms with Gasteiger partial charge in [-0.2, -0.15) is 0 Å². The quantitative estimate of drug-likeness (QED) is 0.284. The maximum atomic E-state index is 15.2. The molecule has 5 heterocycles. The van der Waals surface area contributed by atoms with E-state index in [-0.39, 0.29) is 43.7 Å². The molecule has 0 saturated carbocycles. The Hall–Kier alpha value is -4.36. The van der Waals surface area contributed by atoms with Gasteiger partial charge in [0.1, 0.15) is 24.1 Å². The first-order valence-electron chi connectivity index (χ1n) is 15.9. The van der Waals surface area contributed by atoms with Crippen molar-refractivity contribution in [1.29, 1.82) is 0 Å². The van der Waals surface area contributed by atoms with Crippen LogP contribution in [0.4, 0.5) is 9.18 Å². The summed E-state index contributed by atoms with van der Waals surface area (Å²) in [6.45, 7) is 8.27. The number of fused-ring (bicyclic) bond motifs is 5. The van der Waals surface area contributed by atoms with E-state index in [0.717, 1.165) is 5.56 Å². The van der Waals surface area contributed by atoms with Crippen LogP contribution in [0.5, 0.6) is 0 Å². The summed E-state index contributed by atoms with van der Waals surface area (Å²) in [6, 6.07) is 1.38. The van der Waals surface area contributed by atoms with Gasteiger partial charge in [0.15, 0.2) is 5.60 Å². The molecule has 2 amide bonds. The van der Waals surface area contributed by atoms with Crippen LogP contribution in [0.2, 0.25) is 0 Å². The number of cyclic esters (lactones) is 1. The molecule has 0 radical (unpaired) electrons. The number of hydrogen-bond donors (Lipinski definition) is 3. The first kappa shape index (κ1) is 31.3. The Balaban J connectivity index is 1.35. The lowest BCUT2D eigenvalue weighted by Gasteiger charge is -2.32. The van der Waals surface area contributed by atoms with Crippen LogP contribution in [0, 0.1) is 12.7 Å². The van der Waals surface area contributed by atoms with Crippen molar-refractivity contribution in [2.75, 3.05) is 6.54 Å². The number of aliphatic hydroxyl groups excluding tert-OH is 1. The second-order valence-electron chi connectivity index (χ2n) is 13.9. The summed E-state index contributed by atoms with van der Waals surface area (Å²) in [5.74, 6) is -1.73. The zero-order chi connectivity index (χ0) is 33.7. The Morgan fingerprint density at radius 1 is 1.21 bits per heavy atom. The predicted octanol–water partition coefficient (Wildman–Crippen LogP) is 3.00. The fourth-order valence-corrected chi connectivity index (χ4v) is 7.55. The van der Waals surface area contributed by atoms with Gasteiger partial charge >= 0.3 is 12.1 Å². The average molecular weight is 649 g/mol. The molecule has 3 aliphatic heterocycles. The van der Waals surface area contributed by atoms with Gasteiger partial charge in [0, 0.05) is 29.0 Å². The van der Waals surface area contributed by atoms with Crippen molar-refractivity contribution in [3.63, 3.8) is 0 Å². The molecule has 4 atom stereocenters. The van der Waals surface area contributed by atoms with E-state index < -0.39 is 58.7 Å². The number of hydrogen-bond acceptors (Lipinski definition) is 9. The lowest BCUT2D eigenvalue weighted by Crippen LogP contribution is -2.48. The zero-order valence-electron chi connectivity index (χ0n) is 26.9. The molecule has 248 valence electrons. The molecule has 3 N–H and O–H groups in total. The van der Waals surface area contributed by atoms with Crippen molar-refractivity contribution < 1.29 is 38.5 Å². The highest BCUT2D eigenvalue weighted by molar-refractivity contribution is 5.94. The molecule has 1 unspecified atom stereocenters. The number of amides is 2. The van der Waals surface area contributed by atoms with Crippen LogP contribution in [-0.2, 0) is 44.2 Å². The third-order valence-corrected chi connectivity index (χ3v) is 9.90. The molecule has 3 aromatic rings. The highest BCUT2D eigenvalue weighted by atomic mass is 19.1. The van der Waals surface area contributed by atoms with E-state index in [1.807, 2.05) is 0 Å². The van der Waals surface area contributed by atoms with Gasteiger partial charge in [0.05, 0.1) is 47.7 Å². The van der Waals surface area contributed by atoms with E-state index in [0.29, 0.717) is 51.8 Å². The van der Waals surface area contributed by atoms with E-state index in [1.54, 1.807) is 40.7 Å². The van der Waals surface area contributed by atoms with Crippen molar-refractivity contribution in [3.8, 4) is 11.4 Å². The van der Waals surface area contributed by atoms with Crippen LogP contribution in [0.1, 0.15) is 86.4 Å². The minimum atomic E-state index is -2.00. The van der Waals surface area contributed by atoms with Gasteiger partial charge in [-0.25, -0.2) is 19.0 Å². The summed E-state index contributed by atoms with van der Waals surface area (Å²) >= 11 is 0. The molecule has 1 aliphatic carbocycles. The van der Waals surface area contributed by atoms with E-state index in [4.69, 9.17) is 14.5 Å². The fourth-order valence-electron chi connectivity index (χ4n) is 7.55. The molecule has 12 nitrogen and oxygen atoms in total. The van der Waals surface area contributed by atoms with E-state index in [9.17, 15) is 29.4 Å². The zero-order valence-corrected chi connectivity index (χ0v) is 26.9. The third kappa shape index (κ3) is 4.73. The maximum Gasteiger partial charge on any atom is 0.411 e. The van der Waals surface area contributed by atoms with Gasteiger partial charge in [-0.15, -0.1) is 0 Å². The van der Waals surface area contributed by atoms with E-state index in [1.165, 1.54) is 15.5 Å². The predicted molar refractivity (Wildman–Crippen MR) is 166 cm³/mol. The van der Waals surface area contributed by atoms with Crippen LogP contribution < -0.4 is 10.9 Å². The second kappa shape index (κ2) is 10.6. The van der Waals surface area contributed by atoms with Crippen LogP contribution >= 0.6 is 0 Å². The first-order valence-corrected chi connectivity index (χ1v) is 15.9. The number of β-amino-alcohol motifs (C(OH)–C–C–N with tert-alkyl or cyclic N) is 1. The number of esters is 1. The second-order valence-corrected chi connectivity index (χ2v) is 13.9. The van der Waals surface area contributed by atoms with Crippen LogP contribution in [0.15, 0.2) is 16.9 Å². The maximum absolute atomic E-state index is 15.2. The van der Waals surface area contributed by atoms with Gasteiger partial charge in [-0.1, -0.05) is 6.92 Å². The smallest absolute Gasteiger partial charge is 0.411 e. The Morgan fingerprint density at radius 2 is 1.96 bits per heavy atom. The molecule has 1 aromatic carbocycles. The Labute approximate surface area is 269 Å². The van der Waals surface area contributed by atoms with Crippen molar-refractivity contribution in [3.05, 3.63) is 61.7 Å². The Bertz CT molecular complexity index is 1970. The summed E-state index contributed by atoms with van der Waals surface area (Å²) in [7, 11) is 0. The van der Waals surface area contributed by atoms with Crippen molar-refractivity contribution in [1.82, 2.24) is 19.8 Å². The van der Waals surface area contributed by atoms with Gasteiger partial charge < -0.3 is 29.6 Å². The summed E-state index contributed by atoms with van der Waals surface area (Å²) in [5.41, 5.74) is 0.838. The number of aliphatic hydroxyl groups is 2. The van der Waals surface area contributed by atoms with Gasteiger partial charge in [0.25, 0.3) is 5.56 Å². The molecule has 1 fully saturated rings. The van der Waals surface area contributed by atoms with Gasteiger partial charge in [0.2, 0.25) is 5.91 Å². The molecular weight excluding hydrogens is 611 g/mol. The molecule has 47 heavy (non-hydrogen) atoms. The lowest BCUT2D eigenvalue weighted by atomic mass is 9.81. The number of pyridine rings is 2. The molecule has 2 aromatic heterocycles. The molecule has 7 rings (SSSR count). The Kier molecular flexibility index (Phi) is 7.03. The van der Waals surface area contributed by atoms with Gasteiger partial charge in [-0.05, 0) is 69.7 Å². The number of aromatic nitrogens is 2. The normalized spacial score (nSPS) is 24.5. The van der Waals surface area contributed by atoms with Crippen molar-refractivity contribution >= 4 is 28.9 Å². The number of benzene rings is 1. The molecule has 13 heteroatoms. The van der Waals surface area contributed by atoms with E-state index in [2.05, 4.69) is 5.32 Å². The number of ether oxygens (including phenoxy) is 2. The third-order valence-electron chi connectivity index (χ3n) is 9.90. The van der Waals surface area contributed by atoms with Crippen LogP contribution in [-0.4, -0.2) is 66.9 Å². The molecule has 0 spiro atoms. The number of carbonyl (C=O) groups is 3. The van der Waals surface area contributed by atoms with Crippen LogP contribution in [0.3, 0.4) is 0 Å². The summed E-state index contributed by atoms with van der Waals surface area (Å²) in [5, 5.41) is 25.5. The van der Waals surface area contributed by atoms with E-state index >= 15 is 4.39 Å². The van der Waals surface area contributed by atoms with Crippen LogP contribution in [0.25, 0.3) is 22.3 Å². The number of likely N-dealkylation sites (tertiary alicyclic amines) is 1. The molecule has 1 saturated heterocycles. The number of nitrogens with zero attached hydrogens (tertiary/aromatic N) is 3. The average Bonchev–Trinajstić information content (AvgIpc) is 3.58. The number of carbonyl (C=O) groups excluding carboxylic acids is 3. The Morgan fingerprint density at radius 3 is 2.66 bits per heavy atom. The topological polar surface area (TPSA) is 160 Å². The minimum Gasteiger partial charge on any atom is -0.458 e. The minimum absolute atomic E-state index is 0.0108. The summed E-state index contributed by atoms with van der Waals surface area (Å²) < 4.78 is 27.5. The summed E-state index contributed by atoms with van der Waals surface area (Å²) in [6.07, 6.45) is -0.714. The summed E-state index contributed by atoms with van der Waals surface area (Å²) in [4.78, 5) is 59.5. The number of aryl methyl sites for hydroxylation is 1. The largest absolute Gasteiger partial charge is 0.458 e. The van der Waals surface area contributed by atoms with Gasteiger partial charge in [-0.3, -0.25) is 14.5 Å². The fraction of sp³-hybridized carbons (Fsp3) is 0.500. The standard InChI is InChI=1S/C34H37FN4O8/c1-6-34(45)20-10-24-28-18(13-38(24)30(42)19(20)14-46-31(34)43)27-22(8-7-17-15(2)21(35)11-23(36-28)26(17)27)37-29(41)25-9-16(40)12-39(25)32(44)47-33(3,4)5/h10-11,16,22,25,40,45H,6-9,12-14H2,1-5H3,(H,37,41)/t16-,22+,25?,34+/m1/s1. The molecule has 0 bridgehead atoms. The highest BCUT2D eigenvalue weighted by Crippen LogP contribution is 2.46. The highest BCUT2D eigenvalue weighted by Gasteiger charge is 2.46. The SMILES string of the molecule is CC[C@@]1(O)C(=O)OCc2c1cc1n(c2=O)Cc2c-1nc1cc(F)c(C)c3c1c2[C@@H](NC(=O)C1C[C@@H](O)CN1C(=O)OC(C)(C)C)CC3. The molecular formula is C34H37FN4O8. The number of halogens is 1. The lowest BCUT2D eigenvalue weighted by molar-refractivity contribution is -0.172. The molecule has 4 aliphatic rings. The van der Waals surface area contributed by atoms with Crippen molar-refractivity contribution in [2.45, 2.75) is 103 Å². The number of rotatable bonds is 3. The first-order chi connectivity index (χ1) is 22.1.